The van der Waals surface area contributed by atoms with Crippen molar-refractivity contribution in [2.75, 3.05) is 11.9 Å². The molecule has 0 spiro atoms. The number of furan rings is 1. The second kappa shape index (κ2) is 6.01. The van der Waals surface area contributed by atoms with Crippen LogP contribution in [-0.2, 0) is 0 Å². The van der Waals surface area contributed by atoms with Gasteiger partial charge in [0.1, 0.15) is 11.9 Å². The topological polar surface area (TPSA) is 87.4 Å². The molecule has 2 rings (SSSR count). The summed E-state index contributed by atoms with van der Waals surface area (Å²) >= 11 is 0. The van der Waals surface area contributed by atoms with Crippen LogP contribution in [0.25, 0.3) is 0 Å². The summed E-state index contributed by atoms with van der Waals surface area (Å²) < 4.78 is 5.03. The number of hydrogen-bond donors (Lipinski definition) is 3. The number of urea groups is 1. The second-order valence-electron chi connectivity index (χ2n) is 4.05. The molecule has 2 aromatic rings. The number of carbonyl (C=O) groups is 1. The third kappa shape index (κ3) is 3.82. The number of nitrogens with zero attached hydrogens (tertiary/aromatic N) is 1. The number of rotatable bonds is 4. The molecular formula is C13H15N3O3. The van der Waals surface area contributed by atoms with Crippen LogP contribution in [0.4, 0.5) is 10.5 Å². The van der Waals surface area contributed by atoms with E-state index < -0.39 is 12.1 Å². The first-order valence-corrected chi connectivity index (χ1v) is 5.84. The van der Waals surface area contributed by atoms with Gasteiger partial charge >= 0.3 is 6.03 Å². The Hall–Kier alpha value is -2.34. The molecule has 0 saturated carbocycles. The van der Waals surface area contributed by atoms with Gasteiger partial charge in [-0.2, -0.15) is 0 Å². The van der Waals surface area contributed by atoms with E-state index in [1.165, 1.54) is 6.26 Å². The molecule has 1 unspecified atom stereocenters. The van der Waals surface area contributed by atoms with Crippen LogP contribution in [0.5, 0.6) is 0 Å². The Kier molecular flexibility index (Phi) is 4.15. The van der Waals surface area contributed by atoms with Crippen LogP contribution in [0.15, 0.2) is 41.1 Å². The van der Waals surface area contributed by atoms with Gasteiger partial charge in [0.15, 0.2) is 0 Å². The van der Waals surface area contributed by atoms with Gasteiger partial charge < -0.3 is 20.2 Å². The van der Waals surface area contributed by atoms with E-state index in [4.69, 9.17) is 4.42 Å². The van der Waals surface area contributed by atoms with Gasteiger partial charge in [-0.25, -0.2) is 4.79 Å². The van der Waals surface area contributed by atoms with Crippen LogP contribution in [0.1, 0.15) is 17.6 Å². The molecule has 0 aliphatic rings. The number of amides is 2. The molecule has 100 valence electrons. The van der Waals surface area contributed by atoms with Gasteiger partial charge in [-0.05, 0) is 31.2 Å². The number of aliphatic hydroxyl groups is 1. The van der Waals surface area contributed by atoms with E-state index in [0.29, 0.717) is 11.4 Å². The lowest BCUT2D eigenvalue weighted by Crippen LogP contribution is -2.32. The molecule has 0 fully saturated rings. The highest BCUT2D eigenvalue weighted by Gasteiger charge is 2.11. The normalized spacial score (nSPS) is 11.9. The van der Waals surface area contributed by atoms with E-state index in [1.54, 1.807) is 30.5 Å². The maximum absolute atomic E-state index is 11.6. The first-order valence-electron chi connectivity index (χ1n) is 5.84. The summed E-state index contributed by atoms with van der Waals surface area (Å²) in [6.07, 6.45) is 2.22. The predicted molar refractivity (Wildman–Crippen MR) is 69.7 cm³/mol. The van der Waals surface area contributed by atoms with Crippen molar-refractivity contribution in [3.05, 3.63) is 48.2 Å². The lowest BCUT2D eigenvalue weighted by atomic mass is 10.3. The first kappa shape index (κ1) is 13.1. The maximum Gasteiger partial charge on any atom is 0.319 e. The Bertz CT molecular complexity index is 540. The maximum atomic E-state index is 11.6. The summed E-state index contributed by atoms with van der Waals surface area (Å²) in [6, 6.07) is 6.38. The third-order valence-corrected chi connectivity index (χ3v) is 2.48. The van der Waals surface area contributed by atoms with Gasteiger partial charge in [0.05, 0.1) is 12.8 Å². The largest absolute Gasteiger partial charge is 0.467 e. The number of aliphatic hydroxyl groups excluding tert-OH is 1. The Morgan fingerprint density at radius 2 is 2.37 bits per heavy atom. The first-order chi connectivity index (χ1) is 9.15. The summed E-state index contributed by atoms with van der Waals surface area (Å²) in [6.45, 7) is 1.91. The Labute approximate surface area is 110 Å². The van der Waals surface area contributed by atoms with Crippen LogP contribution >= 0.6 is 0 Å². The Balaban J connectivity index is 1.82. The average molecular weight is 261 g/mol. The van der Waals surface area contributed by atoms with Crippen molar-refractivity contribution >= 4 is 11.7 Å². The van der Waals surface area contributed by atoms with Gasteiger partial charge in [0, 0.05) is 17.6 Å². The summed E-state index contributed by atoms with van der Waals surface area (Å²) in [5.41, 5.74) is 1.46. The minimum atomic E-state index is -0.861. The van der Waals surface area contributed by atoms with Gasteiger partial charge in [-0.3, -0.25) is 4.98 Å². The minimum absolute atomic E-state index is 0.0728. The molecule has 6 heteroatoms. The zero-order chi connectivity index (χ0) is 13.7. The molecule has 0 aliphatic carbocycles. The Morgan fingerprint density at radius 1 is 1.53 bits per heavy atom. The molecule has 19 heavy (non-hydrogen) atoms. The zero-order valence-corrected chi connectivity index (χ0v) is 10.5. The van der Waals surface area contributed by atoms with E-state index in [0.717, 1.165) is 5.69 Å². The number of aromatic nitrogens is 1. The van der Waals surface area contributed by atoms with Crippen molar-refractivity contribution in [3.63, 3.8) is 0 Å². The van der Waals surface area contributed by atoms with E-state index in [2.05, 4.69) is 15.6 Å². The number of anilines is 1. The smallest absolute Gasteiger partial charge is 0.319 e. The molecule has 3 N–H and O–H groups in total. The fourth-order valence-electron chi connectivity index (χ4n) is 1.57. The second-order valence-corrected chi connectivity index (χ2v) is 4.05. The molecule has 6 nitrogen and oxygen atoms in total. The van der Waals surface area contributed by atoms with Gasteiger partial charge in [-0.15, -0.1) is 0 Å². The fraction of sp³-hybridized carbons (Fsp3) is 0.231. The highest BCUT2D eigenvalue weighted by molar-refractivity contribution is 5.89. The standard InChI is InChI=1S/C13H15N3O3/c1-9-7-10(4-5-14-9)16-13(18)15-8-11(17)12-3-2-6-19-12/h2-7,11,17H,8H2,1H3,(H2,14,15,16,18). The molecule has 0 aromatic carbocycles. The Morgan fingerprint density at radius 3 is 3.05 bits per heavy atom. The molecule has 2 aromatic heterocycles. The van der Waals surface area contributed by atoms with Crippen molar-refractivity contribution in [1.82, 2.24) is 10.3 Å². The van der Waals surface area contributed by atoms with Crippen LogP contribution in [-0.4, -0.2) is 22.7 Å². The molecule has 0 saturated heterocycles. The van der Waals surface area contributed by atoms with Crippen LogP contribution in [0, 0.1) is 6.92 Å². The fourth-order valence-corrected chi connectivity index (χ4v) is 1.57. The summed E-state index contributed by atoms with van der Waals surface area (Å²) in [5.74, 6) is 0.417. The summed E-state index contributed by atoms with van der Waals surface area (Å²) in [4.78, 5) is 15.6. The van der Waals surface area contributed by atoms with Crippen LogP contribution in [0.3, 0.4) is 0 Å². The van der Waals surface area contributed by atoms with Crippen LogP contribution < -0.4 is 10.6 Å². The molecule has 0 radical (unpaired) electrons. The number of carbonyl (C=O) groups excluding carboxylic acids is 1. The van der Waals surface area contributed by atoms with Crippen LogP contribution in [0.2, 0.25) is 0 Å². The molecule has 1 atom stereocenters. The summed E-state index contributed by atoms with van der Waals surface area (Å²) in [5, 5.41) is 14.9. The van der Waals surface area contributed by atoms with Crippen molar-refractivity contribution < 1.29 is 14.3 Å². The van der Waals surface area contributed by atoms with E-state index in [1.807, 2.05) is 6.92 Å². The lowest BCUT2D eigenvalue weighted by molar-refractivity contribution is 0.149. The van der Waals surface area contributed by atoms with E-state index in [-0.39, 0.29) is 6.54 Å². The average Bonchev–Trinajstić information content (AvgIpc) is 2.90. The van der Waals surface area contributed by atoms with Crippen molar-refractivity contribution in [3.8, 4) is 0 Å². The number of nitrogens with one attached hydrogen (secondary N) is 2. The predicted octanol–water partition coefficient (Wildman–Crippen LogP) is 1.84. The minimum Gasteiger partial charge on any atom is -0.467 e. The van der Waals surface area contributed by atoms with Crippen molar-refractivity contribution in [2.24, 2.45) is 0 Å². The zero-order valence-electron chi connectivity index (χ0n) is 10.5. The van der Waals surface area contributed by atoms with Crippen molar-refractivity contribution in [1.29, 1.82) is 0 Å². The van der Waals surface area contributed by atoms with Gasteiger partial charge in [-0.1, -0.05) is 0 Å². The quantitative estimate of drug-likeness (QED) is 0.783. The highest BCUT2D eigenvalue weighted by Crippen LogP contribution is 2.12. The van der Waals surface area contributed by atoms with E-state index >= 15 is 0 Å². The van der Waals surface area contributed by atoms with Gasteiger partial charge in [0.25, 0.3) is 0 Å². The van der Waals surface area contributed by atoms with E-state index in [9.17, 15) is 9.90 Å². The SMILES string of the molecule is Cc1cc(NC(=O)NCC(O)c2ccco2)ccn1. The van der Waals surface area contributed by atoms with Gasteiger partial charge in [0.2, 0.25) is 0 Å². The molecular weight excluding hydrogens is 246 g/mol. The number of pyridine rings is 1. The molecule has 2 heterocycles. The number of hydrogen-bond acceptors (Lipinski definition) is 4. The summed E-state index contributed by atoms with van der Waals surface area (Å²) in [7, 11) is 0. The monoisotopic (exact) mass is 261 g/mol. The highest BCUT2D eigenvalue weighted by atomic mass is 16.4. The molecule has 0 aliphatic heterocycles. The van der Waals surface area contributed by atoms with Crippen molar-refractivity contribution in [2.45, 2.75) is 13.0 Å². The number of aryl methyl sites for hydroxylation is 1. The molecule has 2 amide bonds. The third-order valence-electron chi connectivity index (χ3n) is 2.48. The lowest BCUT2D eigenvalue weighted by Gasteiger charge is -2.10. The molecule has 0 bridgehead atoms.